The van der Waals surface area contributed by atoms with E-state index in [1.807, 2.05) is 0 Å². The molecular weight excluding hydrogens is 406 g/mol. The zero-order chi connectivity index (χ0) is 21.3. The van der Waals surface area contributed by atoms with E-state index in [-0.39, 0.29) is 28.6 Å². The van der Waals surface area contributed by atoms with Crippen LogP contribution in [0.2, 0.25) is 5.02 Å². The lowest BCUT2D eigenvalue weighted by molar-refractivity contribution is 0.0992. The SMILES string of the molecule is CN(C(=O)c1cc(F)c(F)cc1Cl)c1c(N)n(Cc2ccccc2)c(=O)[nH]c1=O. The number of benzene rings is 2. The van der Waals surface area contributed by atoms with Crippen LogP contribution >= 0.6 is 11.6 Å². The third kappa shape index (κ3) is 3.90. The highest BCUT2D eigenvalue weighted by Gasteiger charge is 2.24. The molecule has 1 aromatic heterocycles. The van der Waals surface area contributed by atoms with Crippen LogP contribution in [0.25, 0.3) is 0 Å². The molecule has 3 aromatic rings. The Hall–Kier alpha value is -3.46. The number of rotatable bonds is 4. The molecule has 0 unspecified atom stereocenters. The Morgan fingerprint density at radius 3 is 2.45 bits per heavy atom. The third-order valence-corrected chi connectivity index (χ3v) is 4.59. The number of H-pyrrole nitrogens is 1. The lowest BCUT2D eigenvalue weighted by atomic mass is 10.1. The summed E-state index contributed by atoms with van der Waals surface area (Å²) in [5.41, 5.74) is 4.39. The van der Waals surface area contributed by atoms with Gasteiger partial charge < -0.3 is 10.6 Å². The molecule has 3 N–H and O–H groups in total. The Labute approximate surface area is 168 Å². The summed E-state index contributed by atoms with van der Waals surface area (Å²) in [5.74, 6) is -3.67. The van der Waals surface area contributed by atoms with Crippen LogP contribution in [-0.4, -0.2) is 22.5 Å². The monoisotopic (exact) mass is 420 g/mol. The van der Waals surface area contributed by atoms with E-state index in [1.165, 1.54) is 7.05 Å². The van der Waals surface area contributed by atoms with Crippen molar-refractivity contribution in [1.29, 1.82) is 0 Å². The standard InChI is InChI=1S/C19H15ClF2N4O3/c1-25(18(28)11-7-13(21)14(22)8-12(11)20)15-16(23)26(19(29)24-17(15)27)9-10-5-3-2-4-6-10/h2-8H,9,23H2,1H3,(H,24,27,29). The predicted molar refractivity (Wildman–Crippen MR) is 105 cm³/mol. The first kappa shape index (κ1) is 20.3. The Kier molecular flexibility index (Phi) is 5.51. The minimum Gasteiger partial charge on any atom is -0.383 e. The Morgan fingerprint density at radius 1 is 1.17 bits per heavy atom. The van der Waals surface area contributed by atoms with Crippen LogP contribution in [0.5, 0.6) is 0 Å². The van der Waals surface area contributed by atoms with Gasteiger partial charge in [0.25, 0.3) is 11.5 Å². The van der Waals surface area contributed by atoms with Crippen LogP contribution in [0.1, 0.15) is 15.9 Å². The molecule has 1 heterocycles. The molecule has 0 aliphatic rings. The van der Waals surface area contributed by atoms with Crippen LogP contribution < -0.4 is 21.9 Å². The second-order valence-electron chi connectivity index (χ2n) is 6.18. The van der Waals surface area contributed by atoms with Crippen molar-refractivity contribution < 1.29 is 13.6 Å². The average Bonchev–Trinajstić information content (AvgIpc) is 2.68. The van der Waals surface area contributed by atoms with Gasteiger partial charge in [0.1, 0.15) is 5.82 Å². The summed E-state index contributed by atoms with van der Waals surface area (Å²) in [4.78, 5) is 40.2. The van der Waals surface area contributed by atoms with E-state index >= 15 is 0 Å². The second kappa shape index (κ2) is 7.88. The van der Waals surface area contributed by atoms with E-state index in [4.69, 9.17) is 17.3 Å². The quantitative estimate of drug-likeness (QED) is 0.633. The summed E-state index contributed by atoms with van der Waals surface area (Å²) in [6.45, 7) is 0.0449. The second-order valence-corrected chi connectivity index (χ2v) is 6.58. The van der Waals surface area contributed by atoms with Gasteiger partial charge in [0.05, 0.1) is 17.1 Å². The summed E-state index contributed by atoms with van der Waals surface area (Å²) >= 11 is 5.84. The van der Waals surface area contributed by atoms with Crippen LogP contribution in [0, 0.1) is 11.6 Å². The smallest absolute Gasteiger partial charge is 0.330 e. The average molecular weight is 421 g/mol. The summed E-state index contributed by atoms with van der Waals surface area (Å²) in [5, 5.41) is -0.339. The maximum Gasteiger partial charge on any atom is 0.330 e. The van der Waals surface area contributed by atoms with Gasteiger partial charge in [-0.1, -0.05) is 41.9 Å². The number of nitrogens with one attached hydrogen (secondary N) is 1. The molecule has 0 aliphatic carbocycles. The van der Waals surface area contributed by atoms with Crippen LogP contribution in [0.4, 0.5) is 20.3 Å². The van der Waals surface area contributed by atoms with Gasteiger partial charge in [-0.05, 0) is 17.7 Å². The Bertz CT molecular complexity index is 1210. The largest absolute Gasteiger partial charge is 0.383 e. The normalized spacial score (nSPS) is 10.8. The van der Waals surface area contributed by atoms with Crippen molar-refractivity contribution in [3.05, 3.63) is 91.1 Å². The molecule has 0 saturated heterocycles. The molecule has 0 aliphatic heterocycles. The molecule has 0 saturated carbocycles. The van der Waals surface area contributed by atoms with E-state index in [0.717, 1.165) is 15.0 Å². The van der Waals surface area contributed by atoms with Gasteiger partial charge in [-0.3, -0.25) is 19.1 Å². The van der Waals surface area contributed by atoms with E-state index in [9.17, 15) is 23.2 Å². The number of halogens is 3. The van der Waals surface area contributed by atoms with Crippen molar-refractivity contribution in [3.8, 4) is 0 Å². The van der Waals surface area contributed by atoms with Gasteiger partial charge in [0.15, 0.2) is 17.3 Å². The van der Waals surface area contributed by atoms with Crippen LogP contribution in [-0.2, 0) is 6.54 Å². The highest BCUT2D eigenvalue weighted by Crippen LogP contribution is 2.24. The number of nitrogen functional groups attached to an aromatic ring is 1. The summed E-state index contributed by atoms with van der Waals surface area (Å²) in [6.07, 6.45) is 0. The number of aromatic amines is 1. The minimum atomic E-state index is -1.28. The third-order valence-electron chi connectivity index (χ3n) is 4.28. The first-order valence-corrected chi connectivity index (χ1v) is 8.67. The number of carbonyl (C=O) groups excluding carboxylic acids is 1. The Morgan fingerprint density at radius 2 is 1.79 bits per heavy atom. The number of nitrogens with zero attached hydrogens (tertiary/aromatic N) is 2. The molecule has 10 heteroatoms. The molecule has 7 nitrogen and oxygen atoms in total. The molecule has 0 atom stereocenters. The maximum absolute atomic E-state index is 13.6. The predicted octanol–water partition coefficient (Wildman–Crippen LogP) is 2.38. The van der Waals surface area contributed by atoms with Crippen molar-refractivity contribution in [2.45, 2.75) is 6.54 Å². The van der Waals surface area contributed by atoms with Crippen molar-refractivity contribution in [1.82, 2.24) is 9.55 Å². The molecule has 0 spiro atoms. The summed E-state index contributed by atoms with van der Waals surface area (Å²) in [7, 11) is 1.21. The molecule has 0 radical (unpaired) electrons. The van der Waals surface area contributed by atoms with E-state index < -0.39 is 28.8 Å². The van der Waals surface area contributed by atoms with Gasteiger partial charge in [-0.15, -0.1) is 0 Å². The highest BCUT2D eigenvalue weighted by molar-refractivity contribution is 6.34. The number of aromatic nitrogens is 2. The fourth-order valence-electron chi connectivity index (χ4n) is 2.79. The van der Waals surface area contributed by atoms with Gasteiger partial charge in [0.2, 0.25) is 0 Å². The molecule has 0 bridgehead atoms. The van der Waals surface area contributed by atoms with Gasteiger partial charge >= 0.3 is 5.69 Å². The zero-order valence-corrected chi connectivity index (χ0v) is 15.8. The molecular formula is C19H15ClF2N4O3. The number of carbonyl (C=O) groups is 1. The summed E-state index contributed by atoms with van der Waals surface area (Å²) < 4.78 is 27.9. The number of hydrogen-bond acceptors (Lipinski definition) is 4. The molecule has 2 aromatic carbocycles. The molecule has 150 valence electrons. The first-order valence-electron chi connectivity index (χ1n) is 8.29. The van der Waals surface area contributed by atoms with Crippen LogP contribution in [0.3, 0.4) is 0 Å². The first-order chi connectivity index (χ1) is 13.7. The lowest BCUT2D eigenvalue weighted by Gasteiger charge is -2.21. The van der Waals surface area contributed by atoms with Gasteiger partial charge in [-0.2, -0.15) is 0 Å². The lowest BCUT2D eigenvalue weighted by Crippen LogP contribution is -2.39. The topological polar surface area (TPSA) is 101 Å². The molecule has 3 rings (SSSR count). The van der Waals surface area contributed by atoms with E-state index in [0.29, 0.717) is 12.1 Å². The van der Waals surface area contributed by atoms with Crippen LogP contribution in [0.15, 0.2) is 52.1 Å². The van der Waals surface area contributed by atoms with Crippen molar-refractivity contribution >= 4 is 29.0 Å². The number of anilines is 2. The van der Waals surface area contributed by atoms with Gasteiger partial charge in [-0.25, -0.2) is 13.6 Å². The fourth-order valence-corrected chi connectivity index (χ4v) is 3.02. The van der Waals surface area contributed by atoms with E-state index in [2.05, 4.69) is 4.98 Å². The van der Waals surface area contributed by atoms with Crippen molar-refractivity contribution in [3.63, 3.8) is 0 Å². The maximum atomic E-state index is 13.6. The molecule has 29 heavy (non-hydrogen) atoms. The van der Waals surface area contributed by atoms with Crippen molar-refractivity contribution in [2.24, 2.45) is 0 Å². The van der Waals surface area contributed by atoms with Crippen molar-refractivity contribution in [2.75, 3.05) is 17.7 Å². The fraction of sp³-hybridized carbons (Fsp3) is 0.105. The Balaban J connectivity index is 2.07. The minimum absolute atomic E-state index is 0.0449. The highest BCUT2D eigenvalue weighted by atomic mass is 35.5. The molecule has 1 amide bonds. The number of hydrogen-bond donors (Lipinski definition) is 2. The summed E-state index contributed by atoms with van der Waals surface area (Å²) in [6, 6.07) is 10.1. The van der Waals surface area contributed by atoms with E-state index in [1.54, 1.807) is 30.3 Å². The van der Waals surface area contributed by atoms with Gasteiger partial charge in [0, 0.05) is 7.05 Å². The number of nitrogens with two attached hydrogens (primary N) is 1. The zero-order valence-electron chi connectivity index (χ0n) is 15.1. The number of amides is 1. The molecule has 0 fully saturated rings.